The Morgan fingerprint density at radius 1 is 0.947 bits per heavy atom. The molecule has 0 spiro atoms. The van der Waals surface area contributed by atoms with E-state index in [9.17, 15) is 0 Å². The molecular formula is C17H18ClN. The third kappa shape index (κ3) is 2.68. The van der Waals surface area contributed by atoms with E-state index in [4.69, 9.17) is 11.6 Å². The number of nitrogens with zero attached hydrogens (tertiary/aromatic N) is 1. The lowest BCUT2D eigenvalue weighted by Gasteiger charge is -2.48. The number of likely N-dealkylation sites (tertiary alicyclic amines) is 1. The fraction of sp³-hybridized carbons (Fsp3) is 0.294. The van der Waals surface area contributed by atoms with Crippen LogP contribution >= 0.6 is 11.6 Å². The first kappa shape index (κ1) is 12.7. The summed E-state index contributed by atoms with van der Waals surface area (Å²) in [5.41, 5.74) is 2.78. The first-order valence-corrected chi connectivity index (χ1v) is 7.31. The summed E-state index contributed by atoms with van der Waals surface area (Å²) in [6, 6.07) is 21.8. The Morgan fingerprint density at radius 2 is 1.58 bits per heavy atom. The van der Waals surface area contributed by atoms with Crippen LogP contribution < -0.4 is 0 Å². The van der Waals surface area contributed by atoms with Crippen LogP contribution in [0.25, 0.3) is 0 Å². The maximum absolute atomic E-state index is 6.17. The van der Waals surface area contributed by atoms with Crippen LogP contribution in [0.2, 0.25) is 0 Å². The van der Waals surface area contributed by atoms with Crippen molar-refractivity contribution in [3.63, 3.8) is 0 Å². The predicted octanol–water partition coefficient (Wildman–Crippen LogP) is 3.89. The van der Waals surface area contributed by atoms with Gasteiger partial charge < -0.3 is 0 Å². The van der Waals surface area contributed by atoms with Gasteiger partial charge in [0.05, 0.1) is 0 Å². The Balaban J connectivity index is 1.68. The van der Waals surface area contributed by atoms with Crippen LogP contribution in [0.4, 0.5) is 0 Å². The van der Waals surface area contributed by atoms with Gasteiger partial charge in [0.15, 0.2) is 0 Å². The first-order chi connectivity index (χ1) is 9.38. The van der Waals surface area contributed by atoms with Gasteiger partial charge in [0.1, 0.15) is 0 Å². The minimum atomic E-state index is 0.462. The van der Waals surface area contributed by atoms with Crippen LogP contribution in [0, 0.1) is 0 Å². The standard InChI is InChI=1S/C17H18ClN/c18-11-17-16(15-9-5-2-6-10-15)13-19(17)12-14-7-3-1-4-8-14/h1-10,16-17H,11-13H2/t16-,17-/m0/s1. The van der Waals surface area contributed by atoms with E-state index in [1.54, 1.807) is 0 Å². The normalized spacial score (nSPS) is 23.0. The van der Waals surface area contributed by atoms with E-state index in [0.717, 1.165) is 13.1 Å². The molecule has 2 aromatic carbocycles. The van der Waals surface area contributed by atoms with Gasteiger partial charge in [0.25, 0.3) is 0 Å². The predicted molar refractivity (Wildman–Crippen MR) is 80.5 cm³/mol. The zero-order valence-electron chi connectivity index (χ0n) is 10.9. The van der Waals surface area contributed by atoms with Crippen molar-refractivity contribution < 1.29 is 0 Å². The molecule has 2 heteroatoms. The Morgan fingerprint density at radius 3 is 2.21 bits per heavy atom. The fourth-order valence-corrected chi connectivity index (χ4v) is 3.27. The second kappa shape index (κ2) is 5.77. The molecule has 1 saturated heterocycles. The molecule has 0 aliphatic carbocycles. The number of halogens is 1. The molecule has 1 heterocycles. The molecule has 19 heavy (non-hydrogen) atoms. The van der Waals surface area contributed by atoms with Gasteiger partial charge in [-0.2, -0.15) is 0 Å². The summed E-state index contributed by atoms with van der Waals surface area (Å²) in [7, 11) is 0. The lowest BCUT2D eigenvalue weighted by atomic mass is 9.83. The number of benzene rings is 2. The van der Waals surface area contributed by atoms with Crippen LogP contribution in [0.1, 0.15) is 17.0 Å². The van der Waals surface area contributed by atoms with Crippen LogP contribution in [0.3, 0.4) is 0 Å². The van der Waals surface area contributed by atoms with Crippen LogP contribution in [-0.2, 0) is 6.54 Å². The number of hydrogen-bond acceptors (Lipinski definition) is 1. The summed E-state index contributed by atoms with van der Waals surface area (Å²) in [5.74, 6) is 1.29. The van der Waals surface area contributed by atoms with Crippen molar-refractivity contribution in [3.8, 4) is 0 Å². The summed E-state index contributed by atoms with van der Waals surface area (Å²) in [4.78, 5) is 2.47. The van der Waals surface area contributed by atoms with E-state index in [1.165, 1.54) is 11.1 Å². The van der Waals surface area contributed by atoms with E-state index in [1.807, 2.05) is 0 Å². The second-order valence-corrected chi connectivity index (χ2v) is 5.46. The molecule has 0 bridgehead atoms. The summed E-state index contributed by atoms with van der Waals surface area (Å²) in [6.07, 6.45) is 0. The molecule has 2 aromatic rings. The van der Waals surface area contributed by atoms with E-state index < -0.39 is 0 Å². The molecule has 0 aromatic heterocycles. The maximum atomic E-state index is 6.17. The van der Waals surface area contributed by atoms with Gasteiger partial charge in [-0.25, -0.2) is 0 Å². The molecule has 3 rings (SSSR count). The van der Waals surface area contributed by atoms with Crippen molar-refractivity contribution in [3.05, 3.63) is 71.8 Å². The summed E-state index contributed by atoms with van der Waals surface area (Å²) in [6.45, 7) is 2.11. The molecule has 0 saturated carbocycles. The molecular weight excluding hydrogens is 254 g/mol. The summed E-state index contributed by atoms with van der Waals surface area (Å²) < 4.78 is 0. The lowest BCUT2D eigenvalue weighted by molar-refractivity contribution is 0.0667. The Labute approximate surface area is 119 Å². The Hall–Kier alpha value is -1.31. The molecule has 0 unspecified atom stereocenters. The zero-order chi connectivity index (χ0) is 13.1. The van der Waals surface area contributed by atoms with Crippen LogP contribution in [-0.4, -0.2) is 23.4 Å². The minimum Gasteiger partial charge on any atom is -0.294 e. The lowest BCUT2D eigenvalue weighted by Crippen LogP contribution is -2.54. The van der Waals surface area contributed by atoms with E-state index in [2.05, 4.69) is 65.6 Å². The minimum absolute atomic E-state index is 0.462. The van der Waals surface area contributed by atoms with Gasteiger partial charge in [-0.1, -0.05) is 60.7 Å². The maximum Gasteiger partial charge on any atom is 0.0386 e. The van der Waals surface area contributed by atoms with E-state index >= 15 is 0 Å². The van der Waals surface area contributed by atoms with Crippen LogP contribution in [0.5, 0.6) is 0 Å². The van der Waals surface area contributed by atoms with Crippen molar-refractivity contribution >= 4 is 11.6 Å². The third-order valence-electron chi connectivity index (χ3n) is 3.98. The number of alkyl halides is 1. The second-order valence-electron chi connectivity index (χ2n) is 5.15. The number of hydrogen-bond donors (Lipinski definition) is 0. The summed E-state index contributed by atoms with van der Waals surface area (Å²) >= 11 is 6.17. The topological polar surface area (TPSA) is 3.24 Å². The van der Waals surface area contributed by atoms with Gasteiger partial charge in [-0.15, -0.1) is 11.6 Å². The van der Waals surface area contributed by atoms with Gasteiger partial charge in [0, 0.05) is 30.9 Å². The van der Waals surface area contributed by atoms with Gasteiger partial charge >= 0.3 is 0 Å². The highest BCUT2D eigenvalue weighted by molar-refractivity contribution is 6.18. The fourth-order valence-electron chi connectivity index (χ4n) is 2.86. The molecule has 2 atom stereocenters. The van der Waals surface area contributed by atoms with Crippen molar-refractivity contribution in [1.29, 1.82) is 0 Å². The smallest absolute Gasteiger partial charge is 0.0386 e. The van der Waals surface area contributed by atoms with E-state index in [-0.39, 0.29) is 0 Å². The van der Waals surface area contributed by atoms with E-state index in [0.29, 0.717) is 17.8 Å². The molecule has 1 aliphatic heterocycles. The Bertz CT molecular complexity index is 511. The highest BCUT2D eigenvalue weighted by Crippen LogP contribution is 2.35. The molecule has 1 fully saturated rings. The first-order valence-electron chi connectivity index (χ1n) is 6.77. The van der Waals surface area contributed by atoms with Crippen molar-refractivity contribution in [2.45, 2.75) is 18.5 Å². The average Bonchev–Trinajstić information content (AvgIpc) is 2.45. The van der Waals surface area contributed by atoms with Gasteiger partial charge in [-0.05, 0) is 11.1 Å². The molecule has 0 radical (unpaired) electrons. The van der Waals surface area contributed by atoms with Crippen molar-refractivity contribution in [2.75, 3.05) is 12.4 Å². The number of rotatable bonds is 4. The molecule has 1 nitrogen and oxygen atoms in total. The largest absolute Gasteiger partial charge is 0.294 e. The molecule has 98 valence electrons. The average molecular weight is 272 g/mol. The highest BCUT2D eigenvalue weighted by Gasteiger charge is 2.38. The van der Waals surface area contributed by atoms with Crippen molar-refractivity contribution in [1.82, 2.24) is 4.90 Å². The monoisotopic (exact) mass is 271 g/mol. The van der Waals surface area contributed by atoms with Gasteiger partial charge in [0.2, 0.25) is 0 Å². The van der Waals surface area contributed by atoms with Crippen molar-refractivity contribution in [2.24, 2.45) is 0 Å². The molecule has 0 N–H and O–H groups in total. The Kier molecular flexibility index (Phi) is 3.86. The zero-order valence-corrected chi connectivity index (χ0v) is 11.6. The third-order valence-corrected chi connectivity index (χ3v) is 4.30. The quantitative estimate of drug-likeness (QED) is 0.763. The van der Waals surface area contributed by atoms with Crippen LogP contribution in [0.15, 0.2) is 60.7 Å². The molecule has 1 aliphatic rings. The SMILES string of the molecule is ClC[C@H]1[C@H](c2ccccc2)CN1Cc1ccccc1. The molecule has 0 amide bonds. The highest BCUT2D eigenvalue weighted by atomic mass is 35.5. The summed E-state index contributed by atoms with van der Waals surface area (Å²) in [5, 5.41) is 0. The van der Waals surface area contributed by atoms with Gasteiger partial charge in [-0.3, -0.25) is 4.90 Å².